The molecule has 6 heteroatoms. The van der Waals surface area contributed by atoms with E-state index in [-0.39, 0.29) is 24.3 Å². The van der Waals surface area contributed by atoms with Gasteiger partial charge in [-0.05, 0) is 48.1 Å². The van der Waals surface area contributed by atoms with Gasteiger partial charge in [0.05, 0.1) is 5.92 Å². The lowest BCUT2D eigenvalue weighted by Gasteiger charge is -2.17. The van der Waals surface area contributed by atoms with E-state index in [1.54, 1.807) is 28.4 Å². The number of carboxylic acids is 1. The van der Waals surface area contributed by atoms with Crippen LogP contribution in [0.25, 0.3) is 0 Å². The van der Waals surface area contributed by atoms with Crippen LogP contribution >= 0.6 is 22.9 Å². The van der Waals surface area contributed by atoms with Gasteiger partial charge in [0, 0.05) is 40.7 Å². The number of halogens is 1. The Morgan fingerprint density at radius 2 is 1.85 bits per heavy atom. The number of amides is 1. The summed E-state index contributed by atoms with van der Waals surface area (Å²) in [6.07, 6.45) is 0.875. The van der Waals surface area contributed by atoms with Gasteiger partial charge in [0.25, 0.3) is 0 Å². The highest BCUT2D eigenvalue weighted by Gasteiger charge is 2.50. The molecule has 1 aromatic carbocycles. The van der Waals surface area contributed by atoms with E-state index in [2.05, 4.69) is 18.4 Å². The number of nitrogens with zero attached hydrogens (tertiary/aromatic N) is 1. The molecule has 4 atom stereocenters. The zero-order chi connectivity index (χ0) is 18.4. The van der Waals surface area contributed by atoms with Crippen LogP contribution in [0.3, 0.4) is 0 Å². The number of rotatable bonds is 4. The maximum atomic E-state index is 12.9. The zero-order valence-electron chi connectivity index (χ0n) is 14.4. The van der Waals surface area contributed by atoms with Gasteiger partial charge >= 0.3 is 5.97 Å². The summed E-state index contributed by atoms with van der Waals surface area (Å²) in [6.45, 7) is 2.83. The Kier molecular flexibility index (Phi) is 4.53. The number of carboxylic acid groups (broad SMARTS) is 1. The van der Waals surface area contributed by atoms with Crippen molar-refractivity contribution < 1.29 is 14.7 Å². The summed E-state index contributed by atoms with van der Waals surface area (Å²) >= 11 is 7.65. The fourth-order valence-corrected chi connectivity index (χ4v) is 5.27. The molecule has 1 aliphatic carbocycles. The summed E-state index contributed by atoms with van der Waals surface area (Å²) in [7, 11) is 0. The van der Waals surface area contributed by atoms with Crippen molar-refractivity contribution in [1.29, 1.82) is 0 Å². The van der Waals surface area contributed by atoms with Gasteiger partial charge in [-0.1, -0.05) is 23.7 Å². The molecule has 1 aromatic heterocycles. The van der Waals surface area contributed by atoms with Gasteiger partial charge in [-0.15, -0.1) is 11.3 Å². The molecule has 1 aliphatic heterocycles. The first-order chi connectivity index (χ1) is 12.5. The number of likely N-dealkylation sites (tertiary alicyclic amines) is 1. The van der Waals surface area contributed by atoms with E-state index in [1.165, 1.54) is 10.4 Å². The third-order valence-electron chi connectivity index (χ3n) is 5.59. The maximum absolute atomic E-state index is 12.9. The molecule has 1 saturated heterocycles. The van der Waals surface area contributed by atoms with Crippen molar-refractivity contribution in [1.82, 2.24) is 4.90 Å². The molecule has 1 saturated carbocycles. The quantitative estimate of drug-likeness (QED) is 0.854. The summed E-state index contributed by atoms with van der Waals surface area (Å²) in [4.78, 5) is 27.7. The summed E-state index contributed by atoms with van der Waals surface area (Å²) in [5.74, 6) is -1.19. The predicted molar refractivity (Wildman–Crippen MR) is 102 cm³/mol. The number of hydrogen-bond donors (Lipinski definition) is 1. The van der Waals surface area contributed by atoms with Gasteiger partial charge in [0.1, 0.15) is 0 Å². The lowest BCUT2D eigenvalue weighted by molar-refractivity contribution is -0.141. The van der Waals surface area contributed by atoms with Crippen LogP contribution in [0, 0.1) is 18.8 Å². The van der Waals surface area contributed by atoms with Crippen LogP contribution in [0.2, 0.25) is 5.02 Å². The summed E-state index contributed by atoms with van der Waals surface area (Å²) in [5, 5.41) is 12.3. The standard InChI is InChI=1S/C20H20ClNO3S/c1-11-6-7-26-18(11)14-8-15(14)19(23)22-9-16(17(10-22)20(24)25)12-2-4-13(21)5-3-12/h2-7,14-17H,8-10H2,1H3,(H,24,25)/t14?,15?,16-,17+/m0/s1. The molecule has 0 bridgehead atoms. The minimum atomic E-state index is -0.846. The second-order valence-electron chi connectivity index (χ2n) is 7.26. The van der Waals surface area contributed by atoms with Gasteiger partial charge in [0.2, 0.25) is 5.91 Å². The van der Waals surface area contributed by atoms with Gasteiger partial charge < -0.3 is 10.0 Å². The van der Waals surface area contributed by atoms with Crippen molar-refractivity contribution in [3.05, 3.63) is 56.7 Å². The Morgan fingerprint density at radius 1 is 1.12 bits per heavy atom. The largest absolute Gasteiger partial charge is 0.481 e. The van der Waals surface area contributed by atoms with Crippen molar-refractivity contribution in [2.45, 2.75) is 25.2 Å². The number of thiophene rings is 1. The number of carbonyl (C=O) groups is 2. The minimum absolute atomic E-state index is 0.00534. The summed E-state index contributed by atoms with van der Waals surface area (Å²) in [5.41, 5.74) is 2.18. The average Bonchev–Trinajstić information content (AvgIpc) is 3.07. The highest BCUT2D eigenvalue weighted by molar-refractivity contribution is 7.10. The lowest BCUT2D eigenvalue weighted by atomic mass is 9.89. The van der Waals surface area contributed by atoms with E-state index >= 15 is 0 Å². The monoisotopic (exact) mass is 389 g/mol. The van der Waals surface area contributed by atoms with Gasteiger partial charge in [-0.25, -0.2) is 0 Å². The van der Waals surface area contributed by atoms with Crippen molar-refractivity contribution >= 4 is 34.8 Å². The van der Waals surface area contributed by atoms with Gasteiger partial charge in [-0.2, -0.15) is 0 Å². The van der Waals surface area contributed by atoms with Gasteiger partial charge in [-0.3, -0.25) is 9.59 Å². The van der Waals surface area contributed by atoms with Crippen molar-refractivity contribution in [3.8, 4) is 0 Å². The summed E-state index contributed by atoms with van der Waals surface area (Å²) in [6, 6.07) is 9.37. The second kappa shape index (κ2) is 6.71. The Bertz CT molecular complexity index is 847. The highest BCUT2D eigenvalue weighted by atomic mass is 35.5. The van der Waals surface area contributed by atoms with Crippen LogP contribution in [-0.2, 0) is 9.59 Å². The van der Waals surface area contributed by atoms with E-state index < -0.39 is 11.9 Å². The first-order valence-corrected chi connectivity index (χ1v) is 10.0. The molecule has 4 rings (SSSR count). The molecule has 4 nitrogen and oxygen atoms in total. The van der Waals surface area contributed by atoms with Crippen LogP contribution in [0.15, 0.2) is 35.7 Å². The molecule has 2 unspecified atom stereocenters. The SMILES string of the molecule is Cc1ccsc1C1CC1C(=O)N1C[C@@H](C(=O)O)[C@H](c2ccc(Cl)cc2)C1. The molecule has 1 amide bonds. The molecule has 0 radical (unpaired) electrons. The van der Waals surface area contributed by atoms with Crippen LogP contribution in [0.5, 0.6) is 0 Å². The molecule has 26 heavy (non-hydrogen) atoms. The Hall–Kier alpha value is -1.85. The lowest BCUT2D eigenvalue weighted by Crippen LogP contribution is -2.31. The molecule has 2 aliphatic rings. The maximum Gasteiger partial charge on any atom is 0.308 e. The van der Waals surface area contributed by atoms with Crippen LogP contribution in [0.1, 0.15) is 34.3 Å². The van der Waals surface area contributed by atoms with E-state index in [0.717, 1.165) is 12.0 Å². The fourth-order valence-electron chi connectivity index (χ4n) is 4.04. The number of benzene rings is 1. The van der Waals surface area contributed by atoms with E-state index in [9.17, 15) is 14.7 Å². The molecule has 2 aromatic rings. The van der Waals surface area contributed by atoms with Crippen molar-refractivity contribution in [2.75, 3.05) is 13.1 Å². The average molecular weight is 390 g/mol. The first kappa shape index (κ1) is 17.6. The number of carbonyl (C=O) groups excluding carboxylic acids is 1. The first-order valence-electron chi connectivity index (χ1n) is 8.76. The highest BCUT2D eigenvalue weighted by Crippen LogP contribution is 2.52. The normalized spacial score (nSPS) is 27.5. The van der Waals surface area contributed by atoms with E-state index in [1.807, 2.05) is 12.1 Å². The molecule has 2 heterocycles. The summed E-state index contributed by atoms with van der Waals surface area (Å²) < 4.78 is 0. The minimum Gasteiger partial charge on any atom is -0.481 e. The Labute approximate surface area is 161 Å². The number of hydrogen-bond acceptors (Lipinski definition) is 3. The molecular weight excluding hydrogens is 370 g/mol. The van der Waals surface area contributed by atoms with Crippen LogP contribution in [0.4, 0.5) is 0 Å². The third-order valence-corrected chi connectivity index (χ3v) is 7.00. The van der Waals surface area contributed by atoms with E-state index in [4.69, 9.17) is 11.6 Å². The predicted octanol–water partition coefficient (Wildman–Crippen LogP) is 4.14. The smallest absolute Gasteiger partial charge is 0.308 e. The van der Waals surface area contributed by atoms with Crippen molar-refractivity contribution in [2.24, 2.45) is 11.8 Å². The molecule has 1 N–H and O–H groups in total. The Balaban J connectivity index is 1.50. The molecular formula is C20H20ClNO3S. The fraction of sp³-hybridized carbons (Fsp3) is 0.400. The van der Waals surface area contributed by atoms with E-state index in [0.29, 0.717) is 17.5 Å². The van der Waals surface area contributed by atoms with Crippen LogP contribution < -0.4 is 0 Å². The van der Waals surface area contributed by atoms with Crippen LogP contribution in [-0.4, -0.2) is 35.0 Å². The zero-order valence-corrected chi connectivity index (χ0v) is 16.0. The number of aliphatic carboxylic acids is 1. The van der Waals surface area contributed by atoms with Crippen molar-refractivity contribution in [3.63, 3.8) is 0 Å². The number of aryl methyl sites for hydroxylation is 1. The molecule has 136 valence electrons. The third kappa shape index (κ3) is 3.14. The molecule has 0 spiro atoms. The Morgan fingerprint density at radius 3 is 2.46 bits per heavy atom. The second-order valence-corrected chi connectivity index (χ2v) is 8.65. The topological polar surface area (TPSA) is 57.6 Å². The van der Waals surface area contributed by atoms with Gasteiger partial charge in [0.15, 0.2) is 0 Å². The molecule has 2 fully saturated rings.